The number of esters is 1. The minimum atomic E-state index is -0.0880. The topological polar surface area (TPSA) is 26.3 Å². The van der Waals surface area contributed by atoms with Crippen LogP contribution in [-0.4, -0.2) is 12.6 Å². The summed E-state index contributed by atoms with van der Waals surface area (Å²) in [5.74, 6) is -0.0880. The van der Waals surface area contributed by atoms with Gasteiger partial charge in [0.15, 0.2) is 0 Å². The summed E-state index contributed by atoms with van der Waals surface area (Å²) in [6.45, 7) is 4.27. The molecule has 0 saturated carbocycles. The van der Waals surface area contributed by atoms with Crippen molar-refractivity contribution < 1.29 is 63.0 Å². The Balaban J connectivity index is -0.0000000817. The second-order valence-corrected chi connectivity index (χ2v) is 1.56. The number of carbonyl (C=O) groups is 1. The Hall–Kier alpha value is 1.05. The number of ether oxygens (including phenoxy) is 1. The van der Waals surface area contributed by atoms with Gasteiger partial charge in [0, 0.05) is 6.42 Å². The molecule has 11 heavy (non-hydrogen) atoms. The molecule has 0 aromatic carbocycles. The van der Waals surface area contributed by atoms with Gasteiger partial charge in [-0.3, -0.25) is 4.79 Å². The number of halogens is 2. The summed E-state index contributed by atoms with van der Waals surface area (Å²) >= 11 is 0. The van der Waals surface area contributed by atoms with Gasteiger partial charge in [-0.25, -0.2) is 0 Å². The van der Waals surface area contributed by atoms with Crippen LogP contribution >= 0.6 is 0 Å². The molecule has 0 rings (SSSR count). The van der Waals surface area contributed by atoms with E-state index in [9.17, 15) is 4.79 Å². The van der Waals surface area contributed by atoms with Gasteiger partial charge in [-0.05, 0) is 13.3 Å². The van der Waals surface area contributed by atoms with Crippen LogP contribution in [-0.2, 0) is 29.0 Å². The van der Waals surface area contributed by atoms with E-state index in [1.165, 1.54) is 0 Å². The maximum Gasteiger partial charge on any atom is 2.00 e. The maximum atomic E-state index is 10.4. The van der Waals surface area contributed by atoms with E-state index < -0.39 is 0 Å². The molecule has 0 fully saturated rings. The fourth-order valence-electron chi connectivity index (χ4n) is 0.437. The molecule has 2 nitrogen and oxygen atoms in total. The molecule has 0 aliphatic carbocycles. The van der Waals surface area contributed by atoms with Crippen LogP contribution in [0.5, 0.6) is 0 Å². The first-order valence-electron chi connectivity index (χ1n) is 2.96. The molecule has 0 unspecified atom stereocenters. The Kier molecular flexibility index (Phi) is 35.6. The molecule has 0 amide bonds. The van der Waals surface area contributed by atoms with Crippen molar-refractivity contribution in [3.63, 3.8) is 0 Å². The van der Waals surface area contributed by atoms with Crippen LogP contribution in [0, 0.1) is 0 Å². The molecule has 0 atom stereocenters. The number of rotatable bonds is 3. The van der Waals surface area contributed by atoms with E-state index in [4.69, 9.17) is 0 Å². The summed E-state index contributed by atoms with van der Waals surface area (Å²) in [7, 11) is 0. The predicted molar refractivity (Wildman–Crippen MR) is 31.5 cm³/mol. The van der Waals surface area contributed by atoms with Gasteiger partial charge >= 0.3 is 25.4 Å². The van der Waals surface area contributed by atoms with Gasteiger partial charge in [-0.2, -0.15) is 0 Å². The molecule has 0 aromatic rings. The summed E-state index contributed by atoms with van der Waals surface area (Å²) in [5, 5.41) is 0. The van der Waals surface area contributed by atoms with Crippen LogP contribution in [0.25, 0.3) is 0 Å². The minimum Gasteiger partial charge on any atom is -1.00 e. The molecule has 0 N–H and O–H groups in total. The molecule has 0 radical (unpaired) electrons. The van der Waals surface area contributed by atoms with E-state index in [2.05, 4.69) is 4.74 Å². The second-order valence-electron chi connectivity index (χ2n) is 1.56. The van der Waals surface area contributed by atoms with Crippen molar-refractivity contribution >= 4 is 5.97 Å². The van der Waals surface area contributed by atoms with Crippen molar-refractivity contribution in [3.05, 3.63) is 0 Å². The third-order valence-electron chi connectivity index (χ3n) is 0.759. The number of carbonyl (C=O) groups excluding carboxylic acids is 1. The molecule has 0 aromatic heterocycles. The van der Waals surface area contributed by atoms with Gasteiger partial charge in [0.25, 0.3) is 0 Å². The molecule has 0 aliphatic rings. The number of hydrogen-bond donors (Lipinski definition) is 0. The summed E-state index contributed by atoms with van der Waals surface area (Å²) in [6, 6.07) is 0. The monoisotopic (exact) mass is 338 g/mol. The normalized spacial score (nSPS) is 6.36. The van der Waals surface area contributed by atoms with E-state index in [0.29, 0.717) is 13.0 Å². The molecule has 5 heteroatoms. The van der Waals surface area contributed by atoms with Crippen LogP contribution in [0.15, 0.2) is 0 Å². The summed E-state index contributed by atoms with van der Waals surface area (Å²) in [6.07, 6.45) is 1.42. The van der Waals surface area contributed by atoms with E-state index in [-0.39, 0.29) is 59.4 Å². The average Bonchev–Trinajstić information content (AvgIpc) is 1.68. The van der Waals surface area contributed by atoms with E-state index in [1.54, 1.807) is 0 Å². The molecule has 0 bridgehead atoms. The molecule has 0 saturated heterocycles. The van der Waals surface area contributed by atoms with E-state index >= 15 is 0 Å². The first-order chi connectivity index (χ1) is 3.81. The Labute approximate surface area is 102 Å². The SMILES string of the molecule is CCCC(=O)OCC.[Br-].[Br-].[Zn+2]. The number of hydrogen-bond acceptors (Lipinski definition) is 2. The van der Waals surface area contributed by atoms with Crippen molar-refractivity contribution in [1.82, 2.24) is 0 Å². The van der Waals surface area contributed by atoms with Gasteiger partial charge in [0.05, 0.1) is 6.61 Å². The van der Waals surface area contributed by atoms with Crippen molar-refractivity contribution in [2.75, 3.05) is 6.61 Å². The predicted octanol–water partition coefficient (Wildman–Crippen LogP) is -4.64. The standard InChI is InChI=1S/C6H12O2.2BrH.Zn/c1-3-5-6(7)8-4-2;;;/h3-5H2,1-2H3;2*1H;/q;;;+2/p-2. The van der Waals surface area contributed by atoms with Crippen LogP contribution < -0.4 is 34.0 Å². The van der Waals surface area contributed by atoms with Gasteiger partial charge in [-0.1, -0.05) is 6.92 Å². The Bertz CT molecular complexity index is 73.0. The summed E-state index contributed by atoms with van der Waals surface area (Å²) in [4.78, 5) is 10.4. The van der Waals surface area contributed by atoms with Crippen molar-refractivity contribution in [3.8, 4) is 0 Å². The van der Waals surface area contributed by atoms with E-state index in [1.807, 2.05) is 13.8 Å². The van der Waals surface area contributed by atoms with Crippen molar-refractivity contribution in [2.45, 2.75) is 26.7 Å². The first kappa shape index (κ1) is 22.7. The molecule has 0 heterocycles. The Morgan fingerprint density at radius 1 is 1.27 bits per heavy atom. The molecular weight excluding hydrogens is 329 g/mol. The quantitative estimate of drug-likeness (QED) is 0.381. The average molecular weight is 341 g/mol. The first-order valence-corrected chi connectivity index (χ1v) is 2.96. The fraction of sp³-hybridized carbons (Fsp3) is 0.833. The smallest absolute Gasteiger partial charge is 1.00 e. The van der Waals surface area contributed by atoms with Gasteiger partial charge in [-0.15, -0.1) is 0 Å². The second kappa shape index (κ2) is 17.2. The molecule has 0 aliphatic heterocycles. The third-order valence-corrected chi connectivity index (χ3v) is 0.759. The fourth-order valence-corrected chi connectivity index (χ4v) is 0.437. The zero-order chi connectivity index (χ0) is 6.41. The van der Waals surface area contributed by atoms with Crippen LogP contribution in [0.3, 0.4) is 0 Å². The van der Waals surface area contributed by atoms with Crippen LogP contribution in [0.2, 0.25) is 0 Å². The van der Waals surface area contributed by atoms with Crippen molar-refractivity contribution in [1.29, 1.82) is 0 Å². The Morgan fingerprint density at radius 2 is 1.73 bits per heavy atom. The third kappa shape index (κ3) is 18.2. The molecule has 0 spiro atoms. The largest absolute Gasteiger partial charge is 2.00 e. The van der Waals surface area contributed by atoms with E-state index in [0.717, 1.165) is 6.42 Å². The summed E-state index contributed by atoms with van der Waals surface area (Å²) < 4.78 is 4.64. The van der Waals surface area contributed by atoms with Gasteiger partial charge in [0.2, 0.25) is 0 Å². The zero-order valence-corrected chi connectivity index (χ0v) is 13.0. The zero-order valence-electron chi connectivity index (χ0n) is 6.90. The summed E-state index contributed by atoms with van der Waals surface area (Å²) in [5.41, 5.74) is 0. The van der Waals surface area contributed by atoms with Crippen LogP contribution in [0.1, 0.15) is 26.7 Å². The Morgan fingerprint density at radius 3 is 2.00 bits per heavy atom. The van der Waals surface area contributed by atoms with Gasteiger partial charge in [0.1, 0.15) is 0 Å². The van der Waals surface area contributed by atoms with Gasteiger partial charge < -0.3 is 38.7 Å². The maximum absolute atomic E-state index is 10.4. The minimum absolute atomic E-state index is 0. The molecule has 64 valence electrons. The van der Waals surface area contributed by atoms with Crippen molar-refractivity contribution in [2.24, 2.45) is 0 Å². The van der Waals surface area contributed by atoms with Crippen LogP contribution in [0.4, 0.5) is 0 Å². The molecular formula is C6H12Br2O2Zn.